The lowest BCUT2D eigenvalue weighted by Gasteiger charge is -2.13. The van der Waals surface area contributed by atoms with Crippen molar-refractivity contribution in [2.75, 3.05) is 11.9 Å². The van der Waals surface area contributed by atoms with Crippen LogP contribution in [-0.2, 0) is 4.79 Å². The predicted molar refractivity (Wildman–Crippen MR) is 70.6 cm³/mol. The Labute approximate surface area is 114 Å². The van der Waals surface area contributed by atoms with Crippen LogP contribution in [0.15, 0.2) is 48.6 Å². The zero-order chi connectivity index (χ0) is 15.0. The summed E-state index contributed by atoms with van der Waals surface area (Å²) in [7, 11) is 0. The third-order valence-electron chi connectivity index (χ3n) is 2.09. The molecular weight excluding hydrogens is 271 g/mol. The molecule has 0 unspecified atom stereocenters. The van der Waals surface area contributed by atoms with Crippen LogP contribution in [0, 0.1) is 0 Å². The zero-order valence-corrected chi connectivity index (χ0v) is 10.8. The van der Waals surface area contributed by atoms with Gasteiger partial charge < -0.3 is 10.1 Å². The number of carbonyl (C=O) groups is 1. The van der Waals surface area contributed by atoms with Gasteiger partial charge in [0.15, 0.2) is 6.61 Å². The standard InChI is InChI=1S/C14H14F3NO2/c1-2-3-4-9-13(19)18-11-7-5-6-8-12(11)20-10-14(15,16)17/h2-9H,10H2,1H3,(H,18,19)/b3-2+,9-4+. The van der Waals surface area contributed by atoms with Crippen molar-refractivity contribution in [2.24, 2.45) is 0 Å². The lowest BCUT2D eigenvalue weighted by molar-refractivity contribution is -0.153. The van der Waals surface area contributed by atoms with E-state index in [4.69, 9.17) is 0 Å². The first-order valence-corrected chi connectivity index (χ1v) is 5.81. The maximum atomic E-state index is 12.1. The fourth-order valence-electron chi connectivity index (χ4n) is 1.28. The Morgan fingerprint density at radius 3 is 2.65 bits per heavy atom. The number of allylic oxidation sites excluding steroid dienone is 3. The summed E-state index contributed by atoms with van der Waals surface area (Å²) in [4.78, 5) is 11.5. The fraction of sp³-hybridized carbons (Fsp3) is 0.214. The van der Waals surface area contributed by atoms with Crippen LogP contribution in [0.2, 0.25) is 0 Å². The third-order valence-corrected chi connectivity index (χ3v) is 2.09. The molecule has 6 heteroatoms. The summed E-state index contributed by atoms with van der Waals surface area (Å²) >= 11 is 0. The Morgan fingerprint density at radius 2 is 2.00 bits per heavy atom. The van der Waals surface area contributed by atoms with Gasteiger partial charge in [0.2, 0.25) is 5.91 Å². The minimum atomic E-state index is -4.43. The lowest BCUT2D eigenvalue weighted by Crippen LogP contribution is -2.20. The van der Waals surface area contributed by atoms with Crippen molar-refractivity contribution in [3.05, 3.63) is 48.6 Å². The topological polar surface area (TPSA) is 38.3 Å². The highest BCUT2D eigenvalue weighted by molar-refractivity contribution is 6.00. The van der Waals surface area contributed by atoms with Crippen LogP contribution >= 0.6 is 0 Å². The number of nitrogens with one attached hydrogen (secondary N) is 1. The summed E-state index contributed by atoms with van der Waals surface area (Å²) in [6.07, 6.45) is 1.76. The summed E-state index contributed by atoms with van der Waals surface area (Å²) in [6.45, 7) is 0.386. The number of amides is 1. The molecule has 0 spiro atoms. The van der Waals surface area contributed by atoms with Gasteiger partial charge in [-0.15, -0.1) is 0 Å². The molecule has 0 aliphatic heterocycles. The van der Waals surface area contributed by atoms with Gasteiger partial charge in [-0.05, 0) is 19.1 Å². The Hall–Kier alpha value is -2.24. The molecule has 20 heavy (non-hydrogen) atoms. The zero-order valence-electron chi connectivity index (χ0n) is 10.8. The molecule has 0 saturated carbocycles. The molecule has 0 atom stereocenters. The molecule has 108 valence electrons. The van der Waals surface area contributed by atoms with Crippen molar-refractivity contribution in [1.82, 2.24) is 0 Å². The first-order chi connectivity index (χ1) is 9.42. The van der Waals surface area contributed by atoms with E-state index >= 15 is 0 Å². The summed E-state index contributed by atoms with van der Waals surface area (Å²) in [5.74, 6) is -0.483. The van der Waals surface area contributed by atoms with E-state index in [0.717, 1.165) is 0 Å². The van der Waals surface area contributed by atoms with Crippen LogP contribution in [0.4, 0.5) is 18.9 Å². The Kier molecular flexibility index (Phi) is 5.83. The minimum absolute atomic E-state index is 0.0300. The maximum Gasteiger partial charge on any atom is 0.422 e. The number of halogens is 3. The smallest absolute Gasteiger partial charge is 0.422 e. The second-order valence-corrected chi connectivity index (χ2v) is 3.77. The maximum absolute atomic E-state index is 12.1. The number of carbonyl (C=O) groups excluding carboxylic acids is 1. The van der Waals surface area contributed by atoms with Crippen LogP contribution in [0.5, 0.6) is 5.75 Å². The second kappa shape index (κ2) is 7.37. The lowest BCUT2D eigenvalue weighted by atomic mass is 10.3. The molecule has 0 fully saturated rings. The van der Waals surface area contributed by atoms with Crippen molar-refractivity contribution >= 4 is 11.6 Å². The van der Waals surface area contributed by atoms with E-state index in [1.54, 1.807) is 25.1 Å². The molecule has 1 aromatic rings. The van der Waals surface area contributed by atoms with Gasteiger partial charge in [-0.2, -0.15) is 13.2 Å². The van der Waals surface area contributed by atoms with Gasteiger partial charge in [-0.25, -0.2) is 0 Å². The SMILES string of the molecule is C/C=C/C=C/C(=O)Nc1ccccc1OCC(F)(F)F. The van der Waals surface area contributed by atoms with Crippen LogP contribution in [0.3, 0.4) is 0 Å². The number of alkyl halides is 3. The average molecular weight is 285 g/mol. The van der Waals surface area contributed by atoms with Crippen molar-refractivity contribution in [3.8, 4) is 5.75 Å². The number of hydrogen-bond donors (Lipinski definition) is 1. The summed E-state index contributed by atoms with van der Waals surface area (Å²) < 4.78 is 41.0. The monoisotopic (exact) mass is 285 g/mol. The van der Waals surface area contributed by atoms with E-state index < -0.39 is 18.7 Å². The highest BCUT2D eigenvalue weighted by Gasteiger charge is 2.28. The van der Waals surface area contributed by atoms with Gasteiger partial charge in [0.1, 0.15) is 5.75 Å². The average Bonchev–Trinajstić information content (AvgIpc) is 2.37. The van der Waals surface area contributed by atoms with E-state index in [1.807, 2.05) is 0 Å². The number of para-hydroxylation sites is 2. The Bertz CT molecular complexity index is 507. The van der Waals surface area contributed by atoms with Crippen LogP contribution < -0.4 is 10.1 Å². The molecule has 0 aromatic heterocycles. The number of benzene rings is 1. The van der Waals surface area contributed by atoms with Gasteiger partial charge in [0.25, 0.3) is 0 Å². The van der Waals surface area contributed by atoms with E-state index in [2.05, 4.69) is 10.1 Å². The third kappa shape index (κ3) is 6.08. The quantitative estimate of drug-likeness (QED) is 0.661. The molecule has 3 nitrogen and oxygen atoms in total. The number of rotatable bonds is 5. The van der Waals surface area contributed by atoms with E-state index in [0.29, 0.717) is 0 Å². The molecule has 1 aromatic carbocycles. The number of ether oxygens (including phenoxy) is 1. The van der Waals surface area contributed by atoms with Gasteiger partial charge in [0, 0.05) is 6.08 Å². The van der Waals surface area contributed by atoms with Crippen molar-refractivity contribution in [1.29, 1.82) is 0 Å². The van der Waals surface area contributed by atoms with Gasteiger partial charge >= 0.3 is 6.18 Å². The first-order valence-electron chi connectivity index (χ1n) is 5.81. The normalized spacial score (nSPS) is 12.0. The number of hydrogen-bond acceptors (Lipinski definition) is 2. The molecule has 0 heterocycles. The molecule has 0 saturated heterocycles. The summed E-state index contributed by atoms with van der Waals surface area (Å²) in [5, 5.41) is 2.45. The minimum Gasteiger partial charge on any atom is -0.482 e. The van der Waals surface area contributed by atoms with Gasteiger partial charge in [0.05, 0.1) is 5.69 Å². The molecule has 0 radical (unpaired) electrons. The molecule has 0 bridgehead atoms. The second-order valence-electron chi connectivity index (χ2n) is 3.77. The largest absolute Gasteiger partial charge is 0.482 e. The molecule has 0 aliphatic rings. The highest BCUT2D eigenvalue weighted by Crippen LogP contribution is 2.26. The molecule has 1 rings (SSSR count). The Balaban J connectivity index is 2.72. The Morgan fingerprint density at radius 1 is 1.30 bits per heavy atom. The van der Waals surface area contributed by atoms with Crippen molar-refractivity contribution < 1.29 is 22.7 Å². The number of anilines is 1. The van der Waals surface area contributed by atoms with E-state index in [-0.39, 0.29) is 11.4 Å². The van der Waals surface area contributed by atoms with Crippen molar-refractivity contribution in [3.63, 3.8) is 0 Å². The van der Waals surface area contributed by atoms with E-state index in [1.165, 1.54) is 30.4 Å². The van der Waals surface area contributed by atoms with Gasteiger partial charge in [-0.3, -0.25) is 4.79 Å². The molecule has 1 amide bonds. The summed E-state index contributed by atoms with van der Waals surface area (Å²) in [5.41, 5.74) is 0.187. The summed E-state index contributed by atoms with van der Waals surface area (Å²) in [6, 6.07) is 5.94. The van der Waals surface area contributed by atoms with Crippen LogP contribution in [0.1, 0.15) is 6.92 Å². The van der Waals surface area contributed by atoms with E-state index in [9.17, 15) is 18.0 Å². The van der Waals surface area contributed by atoms with Crippen LogP contribution in [0.25, 0.3) is 0 Å². The van der Waals surface area contributed by atoms with Gasteiger partial charge in [-0.1, -0.05) is 30.4 Å². The van der Waals surface area contributed by atoms with Crippen molar-refractivity contribution in [2.45, 2.75) is 13.1 Å². The van der Waals surface area contributed by atoms with Crippen LogP contribution in [-0.4, -0.2) is 18.7 Å². The predicted octanol–water partition coefficient (Wildman–Crippen LogP) is 3.70. The highest BCUT2D eigenvalue weighted by atomic mass is 19.4. The fourth-order valence-corrected chi connectivity index (χ4v) is 1.28. The molecular formula is C14H14F3NO2. The molecule has 1 N–H and O–H groups in total. The first kappa shape index (κ1) is 15.8. The molecule has 0 aliphatic carbocycles.